The van der Waals surface area contributed by atoms with Gasteiger partial charge in [-0.2, -0.15) is 8.42 Å². The standard InChI is InChI=1S/C11H24O5.H2O4S/c1-2-4-13-6-8-15-10-11-16-9-7-14-5-3-12;1-5(2,3)4/h12H,2-11H2,1H3;(H2,1,2,3,4). The van der Waals surface area contributed by atoms with Gasteiger partial charge in [-0.1, -0.05) is 6.92 Å². The Kier molecular flexibility index (Phi) is 19.4. The Balaban J connectivity index is 0. The van der Waals surface area contributed by atoms with Gasteiger partial charge in [-0.3, -0.25) is 9.11 Å². The van der Waals surface area contributed by atoms with Crippen molar-refractivity contribution in [1.82, 2.24) is 0 Å². The van der Waals surface area contributed by atoms with Gasteiger partial charge in [0, 0.05) is 6.61 Å². The van der Waals surface area contributed by atoms with E-state index in [1.807, 2.05) is 0 Å². The molecule has 0 saturated carbocycles. The summed E-state index contributed by atoms with van der Waals surface area (Å²) in [6, 6.07) is 0. The van der Waals surface area contributed by atoms with Crippen molar-refractivity contribution in [2.45, 2.75) is 13.3 Å². The summed E-state index contributed by atoms with van der Waals surface area (Å²) in [5.74, 6) is 0. The first-order valence-electron chi connectivity index (χ1n) is 6.53. The molecule has 0 spiro atoms. The van der Waals surface area contributed by atoms with Crippen LogP contribution in [-0.2, 0) is 29.3 Å². The predicted octanol–water partition coefficient (Wildman–Crippen LogP) is -0.198. The molecule has 0 amide bonds. The van der Waals surface area contributed by atoms with Crippen LogP contribution in [0.5, 0.6) is 0 Å². The van der Waals surface area contributed by atoms with Crippen molar-refractivity contribution in [2.24, 2.45) is 0 Å². The van der Waals surface area contributed by atoms with Gasteiger partial charge < -0.3 is 24.1 Å². The second kappa shape index (κ2) is 17.7. The number of aliphatic hydroxyl groups excluding tert-OH is 1. The highest BCUT2D eigenvalue weighted by molar-refractivity contribution is 7.79. The van der Waals surface area contributed by atoms with Crippen LogP contribution in [0.1, 0.15) is 13.3 Å². The molecule has 0 radical (unpaired) electrons. The van der Waals surface area contributed by atoms with Crippen molar-refractivity contribution in [3.8, 4) is 0 Å². The molecule has 0 bridgehead atoms. The lowest BCUT2D eigenvalue weighted by Gasteiger charge is -2.06. The highest BCUT2D eigenvalue weighted by Crippen LogP contribution is 1.83. The molecule has 0 rings (SSSR count). The summed E-state index contributed by atoms with van der Waals surface area (Å²) in [6.45, 7) is 6.75. The highest BCUT2D eigenvalue weighted by atomic mass is 32.3. The zero-order valence-corrected chi connectivity index (χ0v) is 13.1. The Bertz CT molecular complexity index is 259. The first-order chi connectivity index (χ1) is 9.91. The number of aliphatic hydroxyl groups is 1. The van der Waals surface area contributed by atoms with E-state index in [9.17, 15) is 0 Å². The van der Waals surface area contributed by atoms with Gasteiger partial charge in [0.1, 0.15) is 0 Å². The van der Waals surface area contributed by atoms with Gasteiger partial charge in [-0.15, -0.1) is 0 Å². The second-order valence-electron chi connectivity index (χ2n) is 3.62. The molecule has 0 saturated heterocycles. The highest BCUT2D eigenvalue weighted by Gasteiger charge is 1.91. The van der Waals surface area contributed by atoms with Crippen molar-refractivity contribution >= 4 is 10.4 Å². The summed E-state index contributed by atoms with van der Waals surface area (Å²) < 4.78 is 52.4. The molecule has 0 aliphatic carbocycles. The normalized spacial score (nSPS) is 11.0. The quantitative estimate of drug-likeness (QED) is 0.309. The molecular weight excluding hydrogens is 308 g/mol. The number of hydrogen-bond donors (Lipinski definition) is 3. The molecule has 0 aliphatic heterocycles. The maximum atomic E-state index is 8.74. The Labute approximate surface area is 125 Å². The third kappa shape index (κ3) is 38.3. The molecule has 0 aromatic carbocycles. The van der Waals surface area contributed by atoms with Gasteiger partial charge in [-0.05, 0) is 6.42 Å². The molecule has 3 N–H and O–H groups in total. The summed E-state index contributed by atoms with van der Waals surface area (Å²) in [4.78, 5) is 0. The smallest absolute Gasteiger partial charge is 0.394 e. The number of ether oxygens (including phenoxy) is 4. The van der Waals surface area contributed by atoms with Crippen molar-refractivity contribution < 1.29 is 41.6 Å². The molecule has 0 aromatic heterocycles. The molecule has 0 atom stereocenters. The van der Waals surface area contributed by atoms with Crippen molar-refractivity contribution in [3.05, 3.63) is 0 Å². The largest absolute Gasteiger partial charge is 0.394 e. The van der Waals surface area contributed by atoms with Crippen LogP contribution in [0.15, 0.2) is 0 Å². The lowest BCUT2D eigenvalue weighted by Crippen LogP contribution is -2.12. The van der Waals surface area contributed by atoms with E-state index in [1.54, 1.807) is 0 Å². The summed E-state index contributed by atoms with van der Waals surface area (Å²) >= 11 is 0. The van der Waals surface area contributed by atoms with E-state index in [-0.39, 0.29) is 6.61 Å². The Hall–Kier alpha value is -0.330. The lowest BCUT2D eigenvalue weighted by atomic mass is 10.5. The van der Waals surface area contributed by atoms with Crippen LogP contribution < -0.4 is 0 Å². The monoisotopic (exact) mass is 334 g/mol. The van der Waals surface area contributed by atoms with Crippen LogP contribution >= 0.6 is 0 Å². The molecule has 0 heterocycles. The fraction of sp³-hybridized carbons (Fsp3) is 1.00. The van der Waals surface area contributed by atoms with E-state index in [1.165, 1.54) is 0 Å². The third-order valence-electron chi connectivity index (χ3n) is 1.70. The van der Waals surface area contributed by atoms with Gasteiger partial charge in [0.15, 0.2) is 0 Å². The lowest BCUT2D eigenvalue weighted by molar-refractivity contribution is -0.00541. The zero-order chi connectivity index (χ0) is 16.4. The Morgan fingerprint density at radius 2 is 1.00 bits per heavy atom. The van der Waals surface area contributed by atoms with Crippen LogP contribution in [0.3, 0.4) is 0 Å². The third-order valence-corrected chi connectivity index (χ3v) is 1.70. The molecule has 130 valence electrons. The fourth-order valence-corrected chi connectivity index (χ4v) is 0.971. The predicted molar refractivity (Wildman–Crippen MR) is 74.8 cm³/mol. The van der Waals surface area contributed by atoms with E-state index >= 15 is 0 Å². The van der Waals surface area contributed by atoms with Crippen molar-refractivity contribution in [2.75, 3.05) is 59.5 Å². The second-order valence-corrected chi connectivity index (χ2v) is 4.52. The van der Waals surface area contributed by atoms with E-state index < -0.39 is 10.4 Å². The maximum Gasteiger partial charge on any atom is 0.394 e. The van der Waals surface area contributed by atoms with Gasteiger partial charge in [-0.25, -0.2) is 0 Å². The van der Waals surface area contributed by atoms with Crippen molar-refractivity contribution in [3.63, 3.8) is 0 Å². The van der Waals surface area contributed by atoms with Crippen molar-refractivity contribution in [1.29, 1.82) is 0 Å². The van der Waals surface area contributed by atoms with Crippen LogP contribution in [0.2, 0.25) is 0 Å². The molecule has 0 fully saturated rings. The summed E-state index contributed by atoms with van der Waals surface area (Å²) in [5, 5.41) is 8.43. The average Bonchev–Trinajstić information content (AvgIpc) is 2.38. The van der Waals surface area contributed by atoms with Gasteiger partial charge >= 0.3 is 10.4 Å². The Morgan fingerprint density at radius 3 is 1.29 bits per heavy atom. The molecule has 0 aliphatic rings. The summed E-state index contributed by atoms with van der Waals surface area (Å²) in [6.07, 6.45) is 1.04. The minimum atomic E-state index is -4.67. The molecule has 10 heteroatoms. The first-order valence-corrected chi connectivity index (χ1v) is 7.93. The zero-order valence-electron chi connectivity index (χ0n) is 12.3. The van der Waals surface area contributed by atoms with E-state index in [4.69, 9.17) is 41.6 Å². The summed E-state index contributed by atoms with van der Waals surface area (Å²) in [7, 11) is -4.67. The molecule has 21 heavy (non-hydrogen) atoms. The first kappa shape index (κ1) is 22.9. The van der Waals surface area contributed by atoms with Crippen LogP contribution in [-0.4, -0.2) is 82.1 Å². The van der Waals surface area contributed by atoms with Crippen LogP contribution in [0.4, 0.5) is 0 Å². The van der Waals surface area contributed by atoms with E-state index in [0.29, 0.717) is 46.2 Å². The average molecular weight is 334 g/mol. The van der Waals surface area contributed by atoms with E-state index in [2.05, 4.69) is 6.92 Å². The topological polar surface area (TPSA) is 132 Å². The summed E-state index contributed by atoms with van der Waals surface area (Å²) in [5.41, 5.74) is 0. The van der Waals surface area contributed by atoms with Gasteiger partial charge in [0.05, 0.1) is 52.9 Å². The van der Waals surface area contributed by atoms with Crippen LogP contribution in [0, 0.1) is 0 Å². The number of hydrogen-bond acceptors (Lipinski definition) is 7. The minimum absolute atomic E-state index is 0.0564. The number of rotatable bonds is 13. The van der Waals surface area contributed by atoms with E-state index in [0.717, 1.165) is 13.0 Å². The van der Waals surface area contributed by atoms with Crippen LogP contribution in [0.25, 0.3) is 0 Å². The Morgan fingerprint density at radius 1 is 0.714 bits per heavy atom. The molecular formula is C11H26O9S. The SMILES string of the molecule is CCCOCCOCCOCCOCCO.O=S(=O)(O)O. The molecule has 0 unspecified atom stereocenters. The van der Waals surface area contributed by atoms with Gasteiger partial charge in [0.2, 0.25) is 0 Å². The van der Waals surface area contributed by atoms with Gasteiger partial charge in [0.25, 0.3) is 0 Å². The maximum absolute atomic E-state index is 8.74. The fourth-order valence-electron chi connectivity index (χ4n) is 0.971. The molecule has 9 nitrogen and oxygen atoms in total. The minimum Gasteiger partial charge on any atom is -0.394 e. The molecule has 0 aromatic rings.